The fourth-order valence-corrected chi connectivity index (χ4v) is 2.58. The number of benzene rings is 2. The van der Waals surface area contributed by atoms with Gasteiger partial charge in [-0.15, -0.1) is 0 Å². The van der Waals surface area contributed by atoms with Crippen molar-refractivity contribution < 1.29 is 18.7 Å². The molecular weight excluding hydrogens is 356 g/mol. The first kappa shape index (κ1) is 19.2. The fourth-order valence-electron chi connectivity index (χ4n) is 2.58. The van der Waals surface area contributed by atoms with E-state index in [1.54, 1.807) is 56.3 Å². The maximum atomic E-state index is 12.6. The van der Waals surface area contributed by atoms with Gasteiger partial charge in [-0.25, -0.2) is 0 Å². The van der Waals surface area contributed by atoms with Crippen molar-refractivity contribution in [1.29, 1.82) is 0 Å². The number of hydrogen-bond donors (Lipinski definition) is 2. The third-order valence-electron chi connectivity index (χ3n) is 4.14. The molecule has 0 aliphatic heterocycles. The van der Waals surface area contributed by atoms with Crippen LogP contribution in [0.4, 0.5) is 11.4 Å². The van der Waals surface area contributed by atoms with E-state index in [1.165, 1.54) is 6.26 Å². The molecule has 0 fully saturated rings. The zero-order valence-corrected chi connectivity index (χ0v) is 16.0. The van der Waals surface area contributed by atoms with Gasteiger partial charge in [0.1, 0.15) is 5.75 Å². The second-order valence-electron chi connectivity index (χ2n) is 6.84. The van der Waals surface area contributed by atoms with Gasteiger partial charge in [0, 0.05) is 11.4 Å². The molecule has 3 aromatic rings. The zero-order chi connectivity index (χ0) is 20.1. The minimum atomic E-state index is -1.05. The van der Waals surface area contributed by atoms with Crippen LogP contribution in [-0.2, 0) is 4.79 Å². The van der Waals surface area contributed by atoms with E-state index < -0.39 is 5.60 Å². The van der Waals surface area contributed by atoms with Gasteiger partial charge >= 0.3 is 0 Å². The molecule has 0 unspecified atom stereocenters. The Bertz CT molecular complexity index is 963. The van der Waals surface area contributed by atoms with Crippen LogP contribution in [0.3, 0.4) is 0 Å². The molecule has 3 rings (SSSR count). The Labute approximate surface area is 163 Å². The summed E-state index contributed by atoms with van der Waals surface area (Å²) in [5, 5.41) is 5.64. The number of aryl methyl sites for hydroxylation is 1. The summed E-state index contributed by atoms with van der Waals surface area (Å²) in [6.07, 6.45) is 1.44. The van der Waals surface area contributed by atoms with Crippen LogP contribution in [0.15, 0.2) is 71.3 Å². The normalized spacial score (nSPS) is 11.0. The van der Waals surface area contributed by atoms with Crippen molar-refractivity contribution in [2.24, 2.45) is 0 Å². The maximum Gasteiger partial charge on any atom is 0.291 e. The molecule has 0 atom stereocenters. The third kappa shape index (κ3) is 4.59. The van der Waals surface area contributed by atoms with Crippen LogP contribution >= 0.6 is 0 Å². The van der Waals surface area contributed by atoms with Crippen molar-refractivity contribution in [2.45, 2.75) is 26.4 Å². The van der Waals surface area contributed by atoms with Gasteiger partial charge in [0.2, 0.25) is 0 Å². The third-order valence-corrected chi connectivity index (χ3v) is 4.14. The topological polar surface area (TPSA) is 80.6 Å². The number of para-hydroxylation sites is 1. The number of amides is 2. The summed E-state index contributed by atoms with van der Waals surface area (Å²) >= 11 is 0. The second kappa shape index (κ2) is 8.00. The van der Waals surface area contributed by atoms with Crippen LogP contribution in [0.2, 0.25) is 0 Å². The van der Waals surface area contributed by atoms with Gasteiger partial charge in [-0.3, -0.25) is 9.59 Å². The molecule has 2 aromatic carbocycles. The van der Waals surface area contributed by atoms with E-state index in [2.05, 4.69) is 10.6 Å². The molecule has 0 saturated heterocycles. The Balaban J connectivity index is 1.66. The molecule has 6 nitrogen and oxygen atoms in total. The Kier molecular flexibility index (Phi) is 5.49. The Morgan fingerprint density at radius 3 is 2.36 bits per heavy atom. The zero-order valence-electron chi connectivity index (χ0n) is 16.0. The van der Waals surface area contributed by atoms with Gasteiger partial charge in [-0.2, -0.15) is 0 Å². The summed E-state index contributed by atoms with van der Waals surface area (Å²) in [4.78, 5) is 24.8. The van der Waals surface area contributed by atoms with Gasteiger partial charge in [0.25, 0.3) is 11.8 Å². The van der Waals surface area contributed by atoms with Crippen molar-refractivity contribution in [3.05, 3.63) is 78.3 Å². The minimum Gasteiger partial charge on any atom is -0.478 e. The number of nitrogens with one attached hydrogen (secondary N) is 2. The average molecular weight is 378 g/mol. The Hall–Kier alpha value is -3.54. The molecule has 2 amide bonds. The molecule has 1 heterocycles. The number of carbonyl (C=O) groups excluding carboxylic acids is 2. The molecule has 0 radical (unpaired) electrons. The van der Waals surface area contributed by atoms with Gasteiger partial charge in [0.15, 0.2) is 11.4 Å². The monoisotopic (exact) mass is 378 g/mol. The lowest BCUT2D eigenvalue weighted by molar-refractivity contribution is -0.128. The highest BCUT2D eigenvalue weighted by molar-refractivity contribution is 6.03. The van der Waals surface area contributed by atoms with E-state index in [9.17, 15) is 9.59 Å². The number of carbonyl (C=O) groups is 2. The molecule has 0 aliphatic carbocycles. The second-order valence-corrected chi connectivity index (χ2v) is 6.84. The fraction of sp³-hybridized carbons (Fsp3) is 0.182. The van der Waals surface area contributed by atoms with Crippen molar-refractivity contribution in [1.82, 2.24) is 0 Å². The SMILES string of the molecule is Cc1cc(NC(=O)C(C)(C)Oc2ccccc2)ccc1NC(=O)c1ccco1. The molecule has 0 spiro atoms. The predicted octanol–water partition coefficient (Wildman–Crippen LogP) is 4.64. The molecule has 0 bridgehead atoms. The van der Waals surface area contributed by atoms with Gasteiger partial charge < -0.3 is 19.8 Å². The van der Waals surface area contributed by atoms with E-state index in [0.29, 0.717) is 17.1 Å². The van der Waals surface area contributed by atoms with Crippen LogP contribution in [0, 0.1) is 6.92 Å². The van der Waals surface area contributed by atoms with Crippen molar-refractivity contribution in [2.75, 3.05) is 10.6 Å². The molecule has 0 aliphatic rings. The summed E-state index contributed by atoms with van der Waals surface area (Å²) in [6, 6.07) is 17.7. The summed E-state index contributed by atoms with van der Waals surface area (Å²) in [5.41, 5.74) is 1.00. The standard InChI is InChI=1S/C22H22N2O4/c1-15-14-16(11-12-18(15)24-20(25)19-10-7-13-27-19)23-21(26)22(2,3)28-17-8-5-4-6-9-17/h4-14H,1-3H3,(H,23,26)(H,24,25). The van der Waals surface area contributed by atoms with E-state index in [0.717, 1.165) is 5.56 Å². The van der Waals surface area contributed by atoms with E-state index in [1.807, 2.05) is 25.1 Å². The molecule has 0 saturated carbocycles. The van der Waals surface area contributed by atoms with Gasteiger partial charge in [-0.1, -0.05) is 18.2 Å². The molecular formula is C22H22N2O4. The molecule has 2 N–H and O–H groups in total. The highest BCUT2D eigenvalue weighted by atomic mass is 16.5. The lowest BCUT2D eigenvalue weighted by Gasteiger charge is -2.25. The predicted molar refractivity (Wildman–Crippen MR) is 108 cm³/mol. The Morgan fingerprint density at radius 1 is 0.964 bits per heavy atom. The first-order valence-electron chi connectivity index (χ1n) is 8.86. The smallest absolute Gasteiger partial charge is 0.291 e. The van der Waals surface area contributed by atoms with Gasteiger partial charge in [0.05, 0.1) is 6.26 Å². The number of hydrogen-bond acceptors (Lipinski definition) is 4. The van der Waals surface area contributed by atoms with Crippen LogP contribution in [0.25, 0.3) is 0 Å². The summed E-state index contributed by atoms with van der Waals surface area (Å²) in [7, 11) is 0. The first-order valence-corrected chi connectivity index (χ1v) is 8.86. The summed E-state index contributed by atoms with van der Waals surface area (Å²) in [5.74, 6) is 0.247. The molecule has 1 aromatic heterocycles. The Morgan fingerprint density at radius 2 is 1.71 bits per heavy atom. The first-order chi connectivity index (χ1) is 13.3. The van der Waals surface area contributed by atoms with Crippen LogP contribution in [-0.4, -0.2) is 17.4 Å². The van der Waals surface area contributed by atoms with E-state index in [4.69, 9.17) is 9.15 Å². The highest BCUT2D eigenvalue weighted by Crippen LogP contribution is 2.23. The molecule has 28 heavy (non-hydrogen) atoms. The van der Waals surface area contributed by atoms with Crippen molar-refractivity contribution >= 4 is 23.2 Å². The van der Waals surface area contributed by atoms with Crippen LogP contribution in [0.5, 0.6) is 5.75 Å². The van der Waals surface area contributed by atoms with E-state index >= 15 is 0 Å². The van der Waals surface area contributed by atoms with Crippen LogP contribution < -0.4 is 15.4 Å². The molecule has 6 heteroatoms. The van der Waals surface area contributed by atoms with Crippen molar-refractivity contribution in [3.63, 3.8) is 0 Å². The maximum absolute atomic E-state index is 12.6. The average Bonchev–Trinajstić information content (AvgIpc) is 3.19. The van der Waals surface area contributed by atoms with Crippen LogP contribution in [0.1, 0.15) is 30.0 Å². The largest absolute Gasteiger partial charge is 0.478 e. The summed E-state index contributed by atoms with van der Waals surface area (Å²) in [6.45, 7) is 5.26. The minimum absolute atomic E-state index is 0.233. The van der Waals surface area contributed by atoms with E-state index in [-0.39, 0.29) is 17.6 Å². The van der Waals surface area contributed by atoms with Crippen molar-refractivity contribution in [3.8, 4) is 5.75 Å². The number of ether oxygens (including phenoxy) is 1. The lowest BCUT2D eigenvalue weighted by atomic mass is 10.1. The number of anilines is 2. The summed E-state index contributed by atoms with van der Waals surface area (Å²) < 4.78 is 10.9. The van der Waals surface area contributed by atoms with Gasteiger partial charge in [-0.05, 0) is 68.8 Å². The number of furan rings is 1. The number of rotatable bonds is 6. The quantitative estimate of drug-likeness (QED) is 0.655. The lowest BCUT2D eigenvalue weighted by Crippen LogP contribution is -2.42. The highest BCUT2D eigenvalue weighted by Gasteiger charge is 2.30. The molecule has 144 valence electrons.